The van der Waals surface area contributed by atoms with E-state index in [1.54, 1.807) is 17.2 Å². The summed E-state index contributed by atoms with van der Waals surface area (Å²) in [4.78, 5) is 19.8. The molecule has 1 amide bonds. The van der Waals surface area contributed by atoms with E-state index in [9.17, 15) is 10.1 Å². The van der Waals surface area contributed by atoms with Crippen LogP contribution in [0.15, 0.2) is 73.1 Å². The Balaban J connectivity index is 1.52. The highest BCUT2D eigenvalue weighted by Crippen LogP contribution is 2.42. The van der Waals surface area contributed by atoms with E-state index in [-0.39, 0.29) is 12.3 Å². The summed E-state index contributed by atoms with van der Waals surface area (Å²) in [5.74, 6) is 0.780. The first-order valence-corrected chi connectivity index (χ1v) is 12.5. The molecule has 2 heterocycles. The van der Waals surface area contributed by atoms with Crippen LogP contribution in [-0.2, 0) is 16.1 Å². The van der Waals surface area contributed by atoms with Gasteiger partial charge >= 0.3 is 0 Å². The molecule has 5 rings (SSSR count). The van der Waals surface area contributed by atoms with Gasteiger partial charge in [-0.05, 0) is 54.3 Å². The van der Waals surface area contributed by atoms with E-state index in [0.717, 1.165) is 52.8 Å². The number of benzene rings is 3. The van der Waals surface area contributed by atoms with E-state index < -0.39 is 12.2 Å². The molecule has 0 radical (unpaired) electrons. The van der Waals surface area contributed by atoms with Crippen LogP contribution in [0, 0.1) is 18.3 Å². The predicted molar refractivity (Wildman–Crippen MR) is 141 cm³/mol. The van der Waals surface area contributed by atoms with Gasteiger partial charge in [-0.2, -0.15) is 5.26 Å². The van der Waals surface area contributed by atoms with Crippen LogP contribution in [-0.4, -0.2) is 28.1 Å². The zero-order valence-electron chi connectivity index (χ0n) is 20.1. The first-order valence-electron chi connectivity index (χ1n) is 12.2. The molecule has 7 heteroatoms. The van der Waals surface area contributed by atoms with Gasteiger partial charge < -0.3 is 14.2 Å². The first-order chi connectivity index (χ1) is 17.6. The number of amides is 1. The van der Waals surface area contributed by atoms with Crippen molar-refractivity contribution in [2.75, 3.05) is 11.4 Å². The highest BCUT2D eigenvalue weighted by molar-refractivity contribution is 6.30. The van der Waals surface area contributed by atoms with Gasteiger partial charge in [0.05, 0.1) is 12.5 Å². The lowest BCUT2D eigenvalue weighted by Gasteiger charge is -2.24. The quantitative estimate of drug-likeness (QED) is 0.284. The molecule has 1 aromatic heterocycles. The second-order valence-electron chi connectivity index (χ2n) is 9.00. The standard InChI is InChI=1S/C29H27ClN4O2/c1-20-32-15-18-33(20)16-4-5-17-34-26-12-11-22(30)19-25(26)28(36-27(13-14-31)29(34)35)24-10-6-8-21-7-2-3-9-23(21)24/h2-3,6-12,15,18-19,27-28H,4-5,13,16-17H2,1H3/t27-,28-/m0/s1. The van der Waals surface area contributed by atoms with E-state index in [4.69, 9.17) is 16.3 Å². The third-order valence-electron chi connectivity index (χ3n) is 6.74. The first kappa shape index (κ1) is 24.1. The topological polar surface area (TPSA) is 71.2 Å². The van der Waals surface area contributed by atoms with Gasteiger partial charge in [-0.1, -0.05) is 54.1 Å². The smallest absolute Gasteiger partial charge is 0.257 e. The Morgan fingerprint density at radius 2 is 1.86 bits per heavy atom. The molecule has 6 nitrogen and oxygen atoms in total. The Morgan fingerprint density at radius 1 is 1.06 bits per heavy atom. The number of carbonyl (C=O) groups excluding carboxylic acids is 1. The van der Waals surface area contributed by atoms with Gasteiger partial charge in [0.1, 0.15) is 11.9 Å². The Bertz CT molecular complexity index is 1440. The molecule has 1 aliphatic rings. The fourth-order valence-corrected chi connectivity index (χ4v) is 5.11. The van der Waals surface area contributed by atoms with Gasteiger partial charge in [-0.3, -0.25) is 4.79 Å². The number of anilines is 1. The number of nitrogens with zero attached hydrogens (tertiary/aromatic N) is 4. The van der Waals surface area contributed by atoms with Crippen molar-refractivity contribution < 1.29 is 9.53 Å². The summed E-state index contributed by atoms with van der Waals surface area (Å²) in [5, 5.41) is 12.2. The number of hydrogen-bond donors (Lipinski definition) is 0. The summed E-state index contributed by atoms with van der Waals surface area (Å²) in [5.41, 5.74) is 2.56. The van der Waals surface area contributed by atoms with E-state index in [2.05, 4.69) is 33.8 Å². The molecular weight excluding hydrogens is 472 g/mol. The average Bonchev–Trinajstić information content (AvgIpc) is 3.26. The maximum atomic E-state index is 13.7. The van der Waals surface area contributed by atoms with Crippen molar-refractivity contribution in [3.05, 3.63) is 95.0 Å². The molecule has 0 fully saturated rings. The van der Waals surface area contributed by atoms with Crippen LogP contribution in [0.5, 0.6) is 0 Å². The number of fused-ring (bicyclic) bond motifs is 2. The van der Waals surface area contributed by atoms with Gasteiger partial charge in [0, 0.05) is 41.8 Å². The van der Waals surface area contributed by atoms with Crippen molar-refractivity contribution in [1.29, 1.82) is 5.26 Å². The number of hydrogen-bond acceptors (Lipinski definition) is 4. The largest absolute Gasteiger partial charge is 0.355 e. The van der Waals surface area contributed by atoms with Crippen LogP contribution in [0.25, 0.3) is 10.8 Å². The van der Waals surface area contributed by atoms with Gasteiger partial charge in [-0.15, -0.1) is 0 Å². The molecule has 0 spiro atoms. The second-order valence-corrected chi connectivity index (χ2v) is 9.44. The summed E-state index contributed by atoms with van der Waals surface area (Å²) < 4.78 is 8.57. The van der Waals surface area contributed by atoms with Crippen molar-refractivity contribution in [3.63, 3.8) is 0 Å². The number of carbonyl (C=O) groups is 1. The number of nitriles is 1. The lowest BCUT2D eigenvalue weighted by atomic mass is 9.94. The Labute approximate surface area is 215 Å². The summed E-state index contributed by atoms with van der Waals surface area (Å²) in [6.07, 6.45) is 4.02. The Hall–Kier alpha value is -3.66. The van der Waals surface area contributed by atoms with Gasteiger partial charge in [0.2, 0.25) is 0 Å². The van der Waals surface area contributed by atoms with Crippen molar-refractivity contribution in [2.24, 2.45) is 0 Å². The van der Waals surface area contributed by atoms with Crippen molar-refractivity contribution >= 4 is 34.0 Å². The lowest BCUT2D eigenvalue weighted by molar-refractivity contribution is -0.131. The van der Waals surface area contributed by atoms with Crippen molar-refractivity contribution in [3.8, 4) is 6.07 Å². The monoisotopic (exact) mass is 498 g/mol. The number of halogens is 1. The van der Waals surface area contributed by atoms with Gasteiger partial charge in [0.15, 0.2) is 6.10 Å². The molecule has 0 bridgehead atoms. The molecule has 182 valence electrons. The molecule has 0 saturated carbocycles. The maximum absolute atomic E-state index is 13.7. The lowest BCUT2D eigenvalue weighted by Crippen LogP contribution is -2.39. The number of aromatic nitrogens is 2. The summed E-state index contributed by atoms with van der Waals surface area (Å²) in [7, 11) is 0. The molecule has 2 atom stereocenters. The van der Waals surface area contributed by atoms with E-state index in [1.165, 1.54) is 0 Å². The zero-order chi connectivity index (χ0) is 25.1. The summed E-state index contributed by atoms with van der Waals surface area (Å²) >= 11 is 6.46. The molecule has 3 aromatic carbocycles. The SMILES string of the molecule is Cc1nccn1CCCCN1C(=O)[C@H](CC#N)O[C@@H](c2cccc3ccccc23)c2cc(Cl)ccc21. The molecule has 0 aliphatic carbocycles. The van der Waals surface area contributed by atoms with Crippen LogP contribution in [0.1, 0.15) is 42.3 Å². The third-order valence-corrected chi connectivity index (χ3v) is 6.98. The Kier molecular flexibility index (Phi) is 7.04. The fourth-order valence-electron chi connectivity index (χ4n) is 4.93. The second kappa shape index (κ2) is 10.5. The van der Waals surface area contributed by atoms with Crippen molar-refractivity contribution in [2.45, 2.75) is 44.9 Å². The Morgan fingerprint density at radius 3 is 2.67 bits per heavy atom. The fraction of sp³-hybridized carbons (Fsp3) is 0.276. The van der Waals surface area contributed by atoms with Crippen LogP contribution in [0.2, 0.25) is 5.02 Å². The normalized spacial score (nSPS) is 17.6. The van der Waals surface area contributed by atoms with Crippen LogP contribution < -0.4 is 4.90 Å². The summed E-state index contributed by atoms with van der Waals surface area (Å²) in [6.45, 7) is 3.34. The van der Waals surface area contributed by atoms with Gasteiger partial charge in [0.25, 0.3) is 5.91 Å². The third kappa shape index (κ3) is 4.73. The van der Waals surface area contributed by atoms with E-state index in [1.807, 2.05) is 49.5 Å². The number of aryl methyl sites for hydroxylation is 2. The summed E-state index contributed by atoms with van der Waals surface area (Å²) in [6, 6.07) is 21.9. The molecule has 1 aliphatic heterocycles. The zero-order valence-corrected chi connectivity index (χ0v) is 20.9. The van der Waals surface area contributed by atoms with Crippen LogP contribution >= 0.6 is 11.6 Å². The van der Waals surface area contributed by atoms with Crippen LogP contribution in [0.3, 0.4) is 0 Å². The molecule has 36 heavy (non-hydrogen) atoms. The molecule has 4 aromatic rings. The van der Waals surface area contributed by atoms with E-state index in [0.29, 0.717) is 11.6 Å². The van der Waals surface area contributed by atoms with Crippen molar-refractivity contribution in [1.82, 2.24) is 9.55 Å². The van der Waals surface area contributed by atoms with E-state index >= 15 is 0 Å². The minimum atomic E-state index is -0.874. The minimum absolute atomic E-state index is 0.0213. The predicted octanol–water partition coefficient (Wildman–Crippen LogP) is 6.21. The number of unbranched alkanes of at least 4 members (excludes halogenated alkanes) is 1. The molecule has 0 unspecified atom stereocenters. The van der Waals surface area contributed by atoms with Gasteiger partial charge in [-0.25, -0.2) is 4.98 Å². The van der Waals surface area contributed by atoms with Crippen LogP contribution in [0.4, 0.5) is 5.69 Å². The highest BCUT2D eigenvalue weighted by atomic mass is 35.5. The average molecular weight is 499 g/mol. The number of imidazole rings is 1. The maximum Gasteiger partial charge on any atom is 0.257 e. The number of rotatable bonds is 7. The molecule has 0 N–H and O–H groups in total. The highest BCUT2D eigenvalue weighted by Gasteiger charge is 2.36. The minimum Gasteiger partial charge on any atom is -0.355 e. The molecule has 0 saturated heterocycles. The molecular formula is C29H27ClN4O2. The number of ether oxygens (including phenoxy) is 1.